The van der Waals surface area contributed by atoms with E-state index >= 15 is 0 Å². The van der Waals surface area contributed by atoms with Gasteiger partial charge in [0.25, 0.3) is 5.91 Å². The topological polar surface area (TPSA) is 68.0 Å². The molecule has 0 unspecified atom stereocenters. The Kier molecular flexibility index (Phi) is 4.76. The number of thiophene rings is 1. The quantitative estimate of drug-likeness (QED) is 0.553. The first kappa shape index (κ1) is 17.1. The number of benzene rings is 2. The Hall–Kier alpha value is -3.32. The third kappa shape index (κ3) is 3.78. The van der Waals surface area contributed by atoms with Crippen LogP contribution < -0.4 is 5.32 Å². The van der Waals surface area contributed by atoms with Gasteiger partial charge in [0, 0.05) is 0 Å². The minimum atomic E-state index is -0.586. The van der Waals surface area contributed by atoms with Crippen LogP contribution in [-0.4, -0.2) is 16.0 Å². The zero-order valence-electron chi connectivity index (χ0n) is 14.1. The summed E-state index contributed by atoms with van der Waals surface area (Å²) >= 11 is 1.49. The number of aromatic nitrogens is 2. The lowest BCUT2D eigenvalue weighted by molar-refractivity contribution is 0.0942. The molecule has 0 atom stereocenters. The van der Waals surface area contributed by atoms with Crippen LogP contribution in [0.25, 0.3) is 21.8 Å². The van der Waals surface area contributed by atoms with E-state index in [1.165, 1.54) is 23.5 Å². The van der Waals surface area contributed by atoms with Crippen LogP contribution in [0.4, 0.5) is 4.39 Å². The molecule has 0 aliphatic carbocycles. The van der Waals surface area contributed by atoms with E-state index in [9.17, 15) is 9.18 Å². The molecular formula is C20H14FN3O2S. The molecule has 0 saturated carbocycles. The predicted octanol–water partition coefficient (Wildman–Crippen LogP) is 4.53. The summed E-state index contributed by atoms with van der Waals surface area (Å²) in [4.78, 5) is 17.5. The fourth-order valence-electron chi connectivity index (χ4n) is 2.59. The number of nitrogens with zero attached hydrogens (tertiary/aromatic N) is 2. The molecular weight excluding hydrogens is 365 g/mol. The molecule has 2 aromatic heterocycles. The van der Waals surface area contributed by atoms with Crippen molar-refractivity contribution in [2.45, 2.75) is 6.54 Å². The van der Waals surface area contributed by atoms with Gasteiger partial charge in [-0.1, -0.05) is 47.6 Å². The second-order valence-electron chi connectivity index (χ2n) is 5.73. The van der Waals surface area contributed by atoms with Gasteiger partial charge in [0.15, 0.2) is 0 Å². The number of nitrogens with one attached hydrogen (secondary N) is 1. The van der Waals surface area contributed by atoms with Gasteiger partial charge >= 0.3 is 0 Å². The molecule has 4 aromatic rings. The van der Waals surface area contributed by atoms with Crippen molar-refractivity contribution in [2.24, 2.45) is 0 Å². The fraction of sp³-hybridized carbons (Fsp3) is 0.0500. The highest BCUT2D eigenvalue weighted by Gasteiger charge is 2.15. The lowest BCUT2D eigenvalue weighted by Gasteiger charge is -2.07. The molecule has 0 spiro atoms. The summed E-state index contributed by atoms with van der Waals surface area (Å²) in [6, 6.07) is 17.7. The first-order valence-electron chi connectivity index (χ1n) is 8.20. The van der Waals surface area contributed by atoms with E-state index in [4.69, 9.17) is 4.52 Å². The third-order valence-corrected chi connectivity index (χ3v) is 4.79. The summed E-state index contributed by atoms with van der Waals surface area (Å²) in [7, 11) is 0. The van der Waals surface area contributed by atoms with Gasteiger partial charge in [-0.2, -0.15) is 4.98 Å². The molecule has 0 saturated heterocycles. The first-order valence-corrected chi connectivity index (χ1v) is 9.08. The van der Waals surface area contributed by atoms with Crippen LogP contribution >= 0.6 is 11.3 Å². The highest BCUT2D eigenvalue weighted by molar-refractivity contribution is 7.13. The Balaban J connectivity index is 1.48. The number of carbonyl (C=O) groups excluding carboxylic acids is 1. The van der Waals surface area contributed by atoms with Gasteiger partial charge < -0.3 is 9.84 Å². The van der Waals surface area contributed by atoms with Crippen molar-refractivity contribution in [3.63, 3.8) is 0 Å². The number of rotatable bonds is 5. The molecule has 0 aliphatic heterocycles. The van der Waals surface area contributed by atoms with E-state index in [2.05, 4.69) is 15.5 Å². The molecule has 5 nitrogen and oxygen atoms in total. The molecule has 0 aliphatic rings. The molecule has 2 heterocycles. The largest absolute Gasteiger partial charge is 0.343 e. The second kappa shape index (κ2) is 7.51. The standard InChI is InChI=1S/C20H14FN3O2S/c21-16-9-8-14(13-5-2-1-3-6-13)11-15(16)20(25)22-12-18-23-19(24-26-18)17-7-4-10-27-17/h1-11H,12H2,(H,22,25). The van der Waals surface area contributed by atoms with Gasteiger partial charge in [0.2, 0.25) is 11.7 Å². The lowest BCUT2D eigenvalue weighted by Crippen LogP contribution is -2.24. The van der Waals surface area contributed by atoms with E-state index in [-0.39, 0.29) is 18.0 Å². The van der Waals surface area contributed by atoms with Gasteiger partial charge in [-0.25, -0.2) is 4.39 Å². The van der Waals surface area contributed by atoms with Crippen LogP contribution in [0, 0.1) is 5.82 Å². The van der Waals surface area contributed by atoms with Crippen LogP contribution in [0.1, 0.15) is 16.2 Å². The van der Waals surface area contributed by atoms with Gasteiger partial charge in [-0.3, -0.25) is 4.79 Å². The zero-order valence-corrected chi connectivity index (χ0v) is 14.9. The van der Waals surface area contributed by atoms with Crippen LogP contribution in [-0.2, 0) is 6.54 Å². The van der Waals surface area contributed by atoms with Crippen molar-refractivity contribution in [3.05, 3.63) is 83.3 Å². The van der Waals surface area contributed by atoms with E-state index in [1.54, 1.807) is 6.07 Å². The molecule has 134 valence electrons. The maximum absolute atomic E-state index is 14.1. The van der Waals surface area contributed by atoms with Crippen LogP contribution in [0.15, 0.2) is 70.6 Å². The minimum Gasteiger partial charge on any atom is -0.343 e. The van der Waals surface area contributed by atoms with E-state index < -0.39 is 11.7 Å². The monoisotopic (exact) mass is 379 g/mol. The molecule has 0 fully saturated rings. The molecule has 1 N–H and O–H groups in total. The van der Waals surface area contributed by atoms with Crippen molar-refractivity contribution >= 4 is 17.2 Å². The Labute approximate surface area is 158 Å². The van der Waals surface area contributed by atoms with Gasteiger partial charge in [-0.05, 0) is 34.7 Å². The minimum absolute atomic E-state index is 0.0201. The third-order valence-electron chi connectivity index (χ3n) is 3.93. The summed E-state index contributed by atoms with van der Waals surface area (Å²) in [6.07, 6.45) is 0. The number of hydrogen-bond acceptors (Lipinski definition) is 5. The van der Waals surface area contributed by atoms with Crippen molar-refractivity contribution in [1.82, 2.24) is 15.5 Å². The molecule has 2 aromatic carbocycles. The lowest BCUT2D eigenvalue weighted by atomic mass is 10.0. The predicted molar refractivity (Wildman–Crippen MR) is 101 cm³/mol. The molecule has 27 heavy (non-hydrogen) atoms. The average molecular weight is 379 g/mol. The Morgan fingerprint density at radius 3 is 2.70 bits per heavy atom. The number of halogens is 1. The van der Waals surface area contributed by atoms with Crippen molar-refractivity contribution in [3.8, 4) is 21.8 Å². The van der Waals surface area contributed by atoms with Gasteiger partial charge in [-0.15, -0.1) is 11.3 Å². The number of hydrogen-bond donors (Lipinski definition) is 1. The highest BCUT2D eigenvalue weighted by atomic mass is 32.1. The molecule has 0 radical (unpaired) electrons. The summed E-state index contributed by atoms with van der Waals surface area (Å²) in [5, 5.41) is 8.41. The van der Waals surface area contributed by atoms with Gasteiger partial charge in [0.1, 0.15) is 5.82 Å². The Bertz CT molecular complexity index is 1060. The van der Waals surface area contributed by atoms with Crippen molar-refractivity contribution in [2.75, 3.05) is 0 Å². The first-order chi connectivity index (χ1) is 13.2. The Morgan fingerprint density at radius 1 is 1.07 bits per heavy atom. The zero-order chi connectivity index (χ0) is 18.6. The van der Waals surface area contributed by atoms with Gasteiger partial charge in [0.05, 0.1) is 17.0 Å². The average Bonchev–Trinajstić information content (AvgIpc) is 3.39. The second-order valence-corrected chi connectivity index (χ2v) is 6.68. The van der Waals surface area contributed by atoms with E-state index in [0.29, 0.717) is 5.82 Å². The van der Waals surface area contributed by atoms with Crippen molar-refractivity contribution in [1.29, 1.82) is 0 Å². The summed E-state index contributed by atoms with van der Waals surface area (Å²) < 4.78 is 19.3. The summed E-state index contributed by atoms with van der Waals surface area (Å²) in [5.41, 5.74) is 1.64. The fourth-order valence-corrected chi connectivity index (χ4v) is 3.24. The smallest absolute Gasteiger partial charge is 0.254 e. The van der Waals surface area contributed by atoms with Crippen LogP contribution in [0.2, 0.25) is 0 Å². The maximum Gasteiger partial charge on any atom is 0.254 e. The molecule has 0 bridgehead atoms. The molecule has 7 heteroatoms. The molecule has 4 rings (SSSR count). The summed E-state index contributed by atoms with van der Waals surface area (Å²) in [6.45, 7) is 0.0201. The molecule has 1 amide bonds. The Morgan fingerprint density at radius 2 is 1.93 bits per heavy atom. The number of carbonyl (C=O) groups is 1. The van der Waals surface area contributed by atoms with E-state index in [1.807, 2.05) is 47.8 Å². The summed E-state index contributed by atoms with van der Waals surface area (Å²) in [5.74, 6) is -0.406. The van der Waals surface area contributed by atoms with Crippen LogP contribution in [0.5, 0.6) is 0 Å². The van der Waals surface area contributed by atoms with Crippen LogP contribution in [0.3, 0.4) is 0 Å². The van der Waals surface area contributed by atoms with Crippen molar-refractivity contribution < 1.29 is 13.7 Å². The SMILES string of the molecule is O=C(NCc1nc(-c2cccs2)no1)c1cc(-c2ccccc2)ccc1F. The maximum atomic E-state index is 14.1. The van der Waals surface area contributed by atoms with E-state index in [0.717, 1.165) is 16.0 Å². The number of amides is 1. The highest BCUT2D eigenvalue weighted by Crippen LogP contribution is 2.23. The normalized spacial score (nSPS) is 10.7.